The fourth-order valence-electron chi connectivity index (χ4n) is 2.23. The Labute approximate surface area is 104 Å². The van der Waals surface area contributed by atoms with Crippen molar-refractivity contribution in [3.63, 3.8) is 0 Å². The third-order valence-corrected chi connectivity index (χ3v) is 2.85. The molecule has 0 bridgehead atoms. The Morgan fingerprint density at radius 2 is 2.18 bits per heavy atom. The number of likely N-dealkylation sites (tertiary alicyclic amines) is 1. The Kier molecular flexibility index (Phi) is 4.80. The maximum Gasteiger partial charge on any atom is 0.410 e. The number of nitrogens with zero attached hydrogens (tertiary/aromatic N) is 1. The van der Waals surface area contributed by atoms with Crippen molar-refractivity contribution in [2.24, 2.45) is 5.92 Å². The normalized spacial score (nSPS) is 23.4. The van der Waals surface area contributed by atoms with Crippen LogP contribution in [0.3, 0.4) is 0 Å². The molecule has 4 heteroatoms. The van der Waals surface area contributed by atoms with E-state index in [-0.39, 0.29) is 12.2 Å². The van der Waals surface area contributed by atoms with Crippen LogP contribution in [-0.2, 0) is 4.74 Å². The van der Waals surface area contributed by atoms with E-state index in [4.69, 9.17) is 4.74 Å². The summed E-state index contributed by atoms with van der Waals surface area (Å²) in [6.07, 6.45) is 2.33. The quantitative estimate of drug-likeness (QED) is 0.810. The molecule has 0 aromatic rings. The summed E-state index contributed by atoms with van der Waals surface area (Å²) < 4.78 is 5.35. The van der Waals surface area contributed by atoms with E-state index in [2.05, 4.69) is 0 Å². The van der Waals surface area contributed by atoms with Crippen LogP contribution in [-0.4, -0.2) is 40.9 Å². The summed E-state index contributed by atoms with van der Waals surface area (Å²) in [5.74, 6) is 0.399. The maximum absolute atomic E-state index is 11.9. The number of piperidine rings is 1. The van der Waals surface area contributed by atoms with E-state index in [0.717, 1.165) is 25.8 Å². The van der Waals surface area contributed by atoms with Gasteiger partial charge in [-0.1, -0.05) is 0 Å². The van der Waals surface area contributed by atoms with Gasteiger partial charge in [0.25, 0.3) is 0 Å². The number of hydrogen-bond acceptors (Lipinski definition) is 3. The zero-order valence-corrected chi connectivity index (χ0v) is 11.4. The minimum absolute atomic E-state index is 0.229. The van der Waals surface area contributed by atoms with Gasteiger partial charge in [-0.25, -0.2) is 4.79 Å². The number of carbonyl (C=O) groups excluding carboxylic acids is 1. The lowest BCUT2D eigenvalue weighted by Crippen LogP contribution is -2.43. The molecule has 1 heterocycles. The van der Waals surface area contributed by atoms with Gasteiger partial charge in [0, 0.05) is 13.1 Å². The van der Waals surface area contributed by atoms with Gasteiger partial charge in [0.05, 0.1) is 6.10 Å². The van der Waals surface area contributed by atoms with Gasteiger partial charge in [0.15, 0.2) is 0 Å². The molecule has 2 unspecified atom stereocenters. The Balaban J connectivity index is 2.46. The second-order valence-corrected chi connectivity index (χ2v) is 6.02. The van der Waals surface area contributed by atoms with Gasteiger partial charge in [0.2, 0.25) is 0 Å². The number of rotatable bonds is 2. The third kappa shape index (κ3) is 5.39. The molecule has 1 amide bonds. The molecule has 0 radical (unpaired) electrons. The van der Waals surface area contributed by atoms with Crippen molar-refractivity contribution in [1.29, 1.82) is 0 Å². The van der Waals surface area contributed by atoms with E-state index in [9.17, 15) is 9.90 Å². The highest BCUT2D eigenvalue weighted by Crippen LogP contribution is 2.22. The number of hydrogen-bond donors (Lipinski definition) is 1. The van der Waals surface area contributed by atoms with Gasteiger partial charge in [-0.3, -0.25) is 0 Å². The monoisotopic (exact) mass is 243 g/mol. The average Bonchev–Trinajstić information content (AvgIpc) is 2.14. The number of aliphatic hydroxyl groups is 1. The summed E-state index contributed by atoms with van der Waals surface area (Å²) in [5.41, 5.74) is -0.436. The molecule has 1 N–H and O–H groups in total. The van der Waals surface area contributed by atoms with Crippen LogP contribution >= 0.6 is 0 Å². The van der Waals surface area contributed by atoms with Crippen molar-refractivity contribution in [1.82, 2.24) is 4.90 Å². The summed E-state index contributed by atoms with van der Waals surface area (Å²) >= 11 is 0. The molecule has 1 rings (SSSR count). The lowest BCUT2D eigenvalue weighted by molar-refractivity contribution is 0.0134. The molecule has 1 fully saturated rings. The van der Waals surface area contributed by atoms with Crippen LogP contribution in [0, 0.1) is 5.92 Å². The first-order valence-electron chi connectivity index (χ1n) is 6.44. The van der Waals surface area contributed by atoms with Crippen LogP contribution in [0.4, 0.5) is 4.79 Å². The second-order valence-electron chi connectivity index (χ2n) is 6.02. The van der Waals surface area contributed by atoms with Crippen molar-refractivity contribution in [2.75, 3.05) is 13.1 Å². The van der Waals surface area contributed by atoms with Crippen molar-refractivity contribution < 1.29 is 14.6 Å². The van der Waals surface area contributed by atoms with Crippen molar-refractivity contribution in [3.05, 3.63) is 0 Å². The molecule has 1 aliphatic rings. The lowest BCUT2D eigenvalue weighted by Gasteiger charge is -2.34. The molecule has 2 atom stereocenters. The van der Waals surface area contributed by atoms with E-state index >= 15 is 0 Å². The van der Waals surface area contributed by atoms with Gasteiger partial charge in [-0.05, 0) is 52.9 Å². The standard InChI is InChI=1S/C13H25NO3/c1-10(15)8-11-6-5-7-14(9-11)12(16)17-13(2,3)4/h10-11,15H,5-9H2,1-4H3. The largest absolute Gasteiger partial charge is 0.444 e. The fraction of sp³-hybridized carbons (Fsp3) is 0.923. The van der Waals surface area contributed by atoms with Gasteiger partial charge < -0.3 is 14.7 Å². The summed E-state index contributed by atoms with van der Waals surface area (Å²) in [7, 11) is 0. The molecule has 0 saturated carbocycles. The molecule has 0 aromatic carbocycles. The van der Waals surface area contributed by atoms with Crippen molar-refractivity contribution in [3.8, 4) is 0 Å². The molecule has 17 heavy (non-hydrogen) atoms. The van der Waals surface area contributed by atoms with Gasteiger partial charge in [-0.2, -0.15) is 0 Å². The lowest BCUT2D eigenvalue weighted by atomic mass is 9.93. The molecule has 1 saturated heterocycles. The molecule has 0 aliphatic carbocycles. The first-order valence-corrected chi connectivity index (χ1v) is 6.44. The van der Waals surface area contributed by atoms with E-state index in [0.29, 0.717) is 12.5 Å². The summed E-state index contributed by atoms with van der Waals surface area (Å²) in [5, 5.41) is 9.38. The zero-order chi connectivity index (χ0) is 13.1. The van der Waals surface area contributed by atoms with Crippen LogP contribution in [0.25, 0.3) is 0 Å². The Hall–Kier alpha value is -0.770. The first kappa shape index (κ1) is 14.3. The minimum Gasteiger partial charge on any atom is -0.444 e. The van der Waals surface area contributed by atoms with Gasteiger partial charge in [0.1, 0.15) is 5.60 Å². The number of amides is 1. The van der Waals surface area contributed by atoms with E-state index < -0.39 is 5.60 Å². The first-order chi connectivity index (χ1) is 7.78. The number of carbonyl (C=O) groups is 1. The molecule has 0 spiro atoms. The maximum atomic E-state index is 11.9. The Bertz CT molecular complexity index is 258. The van der Waals surface area contributed by atoms with Gasteiger partial charge >= 0.3 is 6.09 Å². The topological polar surface area (TPSA) is 49.8 Å². The summed E-state index contributed by atoms with van der Waals surface area (Å²) in [6, 6.07) is 0. The van der Waals surface area contributed by atoms with Crippen LogP contribution < -0.4 is 0 Å². The summed E-state index contributed by atoms with van der Waals surface area (Å²) in [4.78, 5) is 13.7. The molecule has 4 nitrogen and oxygen atoms in total. The van der Waals surface area contributed by atoms with Crippen molar-refractivity contribution in [2.45, 2.75) is 58.7 Å². The Morgan fingerprint density at radius 1 is 1.53 bits per heavy atom. The van der Waals surface area contributed by atoms with Crippen LogP contribution in [0.15, 0.2) is 0 Å². The molecule has 0 aromatic heterocycles. The van der Waals surface area contributed by atoms with Crippen LogP contribution in [0.2, 0.25) is 0 Å². The highest BCUT2D eigenvalue weighted by Gasteiger charge is 2.27. The second kappa shape index (κ2) is 5.71. The Morgan fingerprint density at radius 3 is 2.71 bits per heavy atom. The number of aliphatic hydroxyl groups excluding tert-OH is 1. The predicted molar refractivity (Wildman–Crippen MR) is 66.8 cm³/mol. The highest BCUT2D eigenvalue weighted by atomic mass is 16.6. The smallest absolute Gasteiger partial charge is 0.410 e. The van der Waals surface area contributed by atoms with Crippen molar-refractivity contribution >= 4 is 6.09 Å². The molecule has 100 valence electrons. The average molecular weight is 243 g/mol. The van der Waals surface area contributed by atoms with Crippen LogP contribution in [0.5, 0.6) is 0 Å². The van der Waals surface area contributed by atoms with Crippen LogP contribution in [0.1, 0.15) is 47.0 Å². The predicted octanol–water partition coefficient (Wildman–Crippen LogP) is 2.40. The minimum atomic E-state index is -0.436. The molecule has 1 aliphatic heterocycles. The van der Waals surface area contributed by atoms with E-state index in [1.165, 1.54) is 0 Å². The number of ether oxygens (including phenoxy) is 1. The SMILES string of the molecule is CC(O)CC1CCCN(C(=O)OC(C)(C)C)C1. The van der Waals surface area contributed by atoms with E-state index in [1.807, 2.05) is 20.8 Å². The summed E-state index contributed by atoms with van der Waals surface area (Å²) in [6.45, 7) is 8.91. The molecular weight excluding hydrogens is 218 g/mol. The van der Waals surface area contributed by atoms with E-state index in [1.54, 1.807) is 11.8 Å². The third-order valence-electron chi connectivity index (χ3n) is 2.85. The molecular formula is C13H25NO3. The zero-order valence-electron chi connectivity index (χ0n) is 11.4. The highest BCUT2D eigenvalue weighted by molar-refractivity contribution is 5.68. The fourth-order valence-corrected chi connectivity index (χ4v) is 2.23. The van der Waals surface area contributed by atoms with Gasteiger partial charge in [-0.15, -0.1) is 0 Å².